The van der Waals surface area contributed by atoms with Crippen LogP contribution in [-0.2, 0) is 19.8 Å². The average molecular weight is 413 g/mol. The van der Waals surface area contributed by atoms with Gasteiger partial charge < -0.3 is 5.32 Å². The number of benzene rings is 1. The second-order valence-corrected chi connectivity index (χ2v) is 10.2. The van der Waals surface area contributed by atoms with Crippen LogP contribution in [0.2, 0.25) is 0 Å². The van der Waals surface area contributed by atoms with Crippen molar-refractivity contribution in [2.24, 2.45) is 17.8 Å². The number of imide groups is 1. The van der Waals surface area contributed by atoms with Crippen LogP contribution in [0, 0.1) is 17.8 Å². The van der Waals surface area contributed by atoms with Gasteiger partial charge >= 0.3 is 0 Å². The molecular weight excluding hydrogens is 376 g/mol. The molecule has 164 valence electrons. The van der Waals surface area contributed by atoms with Crippen molar-refractivity contribution in [1.29, 1.82) is 0 Å². The maximum atomic E-state index is 12.7. The topological polar surface area (TPSA) is 66.5 Å². The molecule has 3 amide bonds. The lowest BCUT2D eigenvalue weighted by atomic mass is 9.81. The molecule has 0 radical (unpaired) electrons. The molecule has 5 heteroatoms. The standard InChI is InChI=1S/C25H36N2O3/c1-16(2)22(17-10-12-18(13-11-17)25(3,4)5)26-21(28)14-15-27-23(29)19-8-6-7-9-20(19)24(27)30/h10-13,16,19-20,22H,6-9,14-15H2,1-5H3,(H,26,28)/t19-,20+,22-/m0/s1. The lowest BCUT2D eigenvalue weighted by Crippen LogP contribution is -2.37. The number of nitrogens with zero attached hydrogens (tertiary/aromatic N) is 1. The first kappa shape index (κ1) is 22.5. The molecule has 1 aromatic carbocycles. The first-order chi connectivity index (χ1) is 14.1. The van der Waals surface area contributed by atoms with Crippen LogP contribution in [0.15, 0.2) is 24.3 Å². The fourth-order valence-electron chi connectivity index (χ4n) is 4.74. The van der Waals surface area contributed by atoms with Crippen molar-refractivity contribution in [3.8, 4) is 0 Å². The molecule has 0 spiro atoms. The minimum absolute atomic E-state index is 0.0734. The summed E-state index contributed by atoms with van der Waals surface area (Å²) in [5, 5.41) is 3.12. The maximum Gasteiger partial charge on any atom is 0.233 e. The lowest BCUT2D eigenvalue weighted by Gasteiger charge is -2.25. The third-order valence-electron chi connectivity index (χ3n) is 6.61. The van der Waals surface area contributed by atoms with Gasteiger partial charge in [0, 0.05) is 13.0 Å². The number of carbonyl (C=O) groups excluding carboxylic acids is 3. The van der Waals surface area contributed by atoms with E-state index in [1.54, 1.807) is 0 Å². The number of hydrogen-bond acceptors (Lipinski definition) is 3. The monoisotopic (exact) mass is 412 g/mol. The highest BCUT2D eigenvalue weighted by Crippen LogP contribution is 2.38. The van der Waals surface area contributed by atoms with E-state index in [-0.39, 0.29) is 59.9 Å². The summed E-state index contributed by atoms with van der Waals surface area (Å²) in [7, 11) is 0. The summed E-state index contributed by atoms with van der Waals surface area (Å²) in [5.41, 5.74) is 2.42. The Morgan fingerprint density at radius 3 is 2.03 bits per heavy atom. The summed E-state index contributed by atoms with van der Waals surface area (Å²) in [6.45, 7) is 10.9. The number of hydrogen-bond donors (Lipinski definition) is 1. The normalized spacial score (nSPS) is 22.9. The van der Waals surface area contributed by atoms with Crippen LogP contribution in [0.1, 0.15) is 83.9 Å². The Morgan fingerprint density at radius 1 is 1.03 bits per heavy atom. The van der Waals surface area contributed by atoms with Crippen LogP contribution in [0.3, 0.4) is 0 Å². The molecule has 0 unspecified atom stereocenters. The molecular formula is C25H36N2O3. The van der Waals surface area contributed by atoms with Crippen molar-refractivity contribution in [3.63, 3.8) is 0 Å². The largest absolute Gasteiger partial charge is 0.349 e. The molecule has 1 aliphatic heterocycles. The van der Waals surface area contributed by atoms with Crippen molar-refractivity contribution >= 4 is 17.7 Å². The van der Waals surface area contributed by atoms with Gasteiger partial charge in [0.05, 0.1) is 17.9 Å². The van der Waals surface area contributed by atoms with Crippen molar-refractivity contribution in [1.82, 2.24) is 10.2 Å². The maximum absolute atomic E-state index is 12.7. The second kappa shape index (κ2) is 8.91. The minimum atomic E-state index is -0.154. The van der Waals surface area contributed by atoms with Gasteiger partial charge in [-0.25, -0.2) is 0 Å². The summed E-state index contributed by atoms with van der Waals surface area (Å²) < 4.78 is 0. The van der Waals surface area contributed by atoms with Gasteiger partial charge in [-0.2, -0.15) is 0 Å². The molecule has 0 bridgehead atoms. The molecule has 1 heterocycles. The van der Waals surface area contributed by atoms with Gasteiger partial charge in [0.25, 0.3) is 0 Å². The zero-order chi connectivity index (χ0) is 22.1. The molecule has 1 aliphatic carbocycles. The van der Waals surface area contributed by atoms with E-state index in [2.05, 4.69) is 64.2 Å². The highest BCUT2D eigenvalue weighted by molar-refractivity contribution is 6.05. The molecule has 0 aromatic heterocycles. The molecule has 1 N–H and O–H groups in total. The zero-order valence-corrected chi connectivity index (χ0v) is 19.0. The van der Waals surface area contributed by atoms with Crippen LogP contribution < -0.4 is 5.32 Å². The molecule has 5 nitrogen and oxygen atoms in total. The van der Waals surface area contributed by atoms with Gasteiger partial charge in [-0.1, -0.05) is 71.7 Å². The van der Waals surface area contributed by atoms with Gasteiger partial charge in [0.1, 0.15) is 0 Å². The predicted octanol–water partition coefficient (Wildman–Crippen LogP) is 4.36. The molecule has 3 atom stereocenters. The SMILES string of the molecule is CC(C)[C@H](NC(=O)CCN1C(=O)[C@H]2CCCC[C@H]2C1=O)c1ccc(C(C)(C)C)cc1. The van der Waals surface area contributed by atoms with Gasteiger partial charge in [-0.3, -0.25) is 19.3 Å². The summed E-state index contributed by atoms with van der Waals surface area (Å²) in [6.07, 6.45) is 3.78. The lowest BCUT2D eigenvalue weighted by molar-refractivity contribution is -0.140. The zero-order valence-electron chi connectivity index (χ0n) is 19.0. The fraction of sp³-hybridized carbons (Fsp3) is 0.640. The van der Waals surface area contributed by atoms with Crippen molar-refractivity contribution < 1.29 is 14.4 Å². The number of fused-ring (bicyclic) bond motifs is 1. The van der Waals surface area contributed by atoms with Crippen molar-refractivity contribution in [3.05, 3.63) is 35.4 Å². The molecule has 1 saturated carbocycles. The van der Waals surface area contributed by atoms with Crippen LogP contribution in [0.4, 0.5) is 0 Å². The van der Waals surface area contributed by atoms with E-state index in [1.165, 1.54) is 10.5 Å². The van der Waals surface area contributed by atoms with E-state index in [0.717, 1.165) is 31.2 Å². The van der Waals surface area contributed by atoms with Crippen LogP contribution in [0.5, 0.6) is 0 Å². The molecule has 3 rings (SSSR count). The van der Waals surface area contributed by atoms with E-state index in [4.69, 9.17) is 0 Å². The van der Waals surface area contributed by atoms with Gasteiger partial charge in [-0.15, -0.1) is 0 Å². The van der Waals surface area contributed by atoms with E-state index in [1.807, 2.05) is 0 Å². The van der Waals surface area contributed by atoms with E-state index < -0.39 is 0 Å². The van der Waals surface area contributed by atoms with Crippen LogP contribution in [-0.4, -0.2) is 29.2 Å². The Labute approximate surface area is 180 Å². The Hall–Kier alpha value is -2.17. The average Bonchev–Trinajstić information content (AvgIpc) is 2.94. The highest BCUT2D eigenvalue weighted by atomic mass is 16.2. The Kier molecular flexibility index (Phi) is 6.68. The molecule has 30 heavy (non-hydrogen) atoms. The second-order valence-electron chi connectivity index (χ2n) is 10.2. The first-order valence-corrected chi connectivity index (χ1v) is 11.3. The number of nitrogens with one attached hydrogen (secondary N) is 1. The third-order valence-corrected chi connectivity index (χ3v) is 6.61. The van der Waals surface area contributed by atoms with E-state index in [9.17, 15) is 14.4 Å². The number of rotatable bonds is 6. The number of likely N-dealkylation sites (tertiary alicyclic amines) is 1. The fourth-order valence-corrected chi connectivity index (χ4v) is 4.74. The van der Waals surface area contributed by atoms with Gasteiger partial charge in [-0.05, 0) is 35.3 Å². The van der Waals surface area contributed by atoms with Crippen molar-refractivity contribution in [2.75, 3.05) is 6.54 Å². The highest BCUT2D eigenvalue weighted by Gasteiger charge is 2.47. The summed E-state index contributed by atoms with van der Waals surface area (Å²) in [5.74, 6) is -0.346. The van der Waals surface area contributed by atoms with Crippen LogP contribution in [0.25, 0.3) is 0 Å². The summed E-state index contributed by atoms with van der Waals surface area (Å²) in [6, 6.07) is 8.33. The molecule has 1 saturated heterocycles. The smallest absolute Gasteiger partial charge is 0.233 e. The number of amides is 3. The third kappa shape index (κ3) is 4.76. The minimum Gasteiger partial charge on any atom is -0.349 e. The molecule has 1 aromatic rings. The van der Waals surface area contributed by atoms with E-state index >= 15 is 0 Å². The Morgan fingerprint density at radius 2 is 1.57 bits per heavy atom. The van der Waals surface area contributed by atoms with Crippen molar-refractivity contribution in [2.45, 2.75) is 78.2 Å². The van der Waals surface area contributed by atoms with Gasteiger partial charge in [0.2, 0.25) is 17.7 Å². The summed E-state index contributed by atoms with van der Waals surface area (Å²) in [4.78, 5) is 39.2. The Bertz CT molecular complexity index is 768. The van der Waals surface area contributed by atoms with Crippen LogP contribution >= 0.6 is 0 Å². The molecule has 2 aliphatic rings. The predicted molar refractivity (Wildman–Crippen MR) is 118 cm³/mol. The van der Waals surface area contributed by atoms with E-state index in [0.29, 0.717) is 0 Å². The summed E-state index contributed by atoms with van der Waals surface area (Å²) >= 11 is 0. The Balaban J connectivity index is 1.61. The first-order valence-electron chi connectivity index (χ1n) is 11.3. The quantitative estimate of drug-likeness (QED) is 0.706. The van der Waals surface area contributed by atoms with Gasteiger partial charge in [0.15, 0.2) is 0 Å². The molecule has 2 fully saturated rings. The number of carbonyl (C=O) groups is 3.